The lowest BCUT2D eigenvalue weighted by atomic mass is 10.1. The van der Waals surface area contributed by atoms with Gasteiger partial charge in [0.25, 0.3) is 5.91 Å². The highest BCUT2D eigenvalue weighted by atomic mass is 16.5. The van der Waals surface area contributed by atoms with Crippen molar-refractivity contribution in [1.82, 2.24) is 14.7 Å². The second kappa shape index (κ2) is 7.30. The van der Waals surface area contributed by atoms with E-state index in [2.05, 4.69) is 0 Å². The zero-order valence-electron chi connectivity index (χ0n) is 18.2. The fourth-order valence-corrected chi connectivity index (χ4v) is 4.34. The third-order valence-corrected chi connectivity index (χ3v) is 6.03. The van der Waals surface area contributed by atoms with Crippen molar-refractivity contribution >= 4 is 29.3 Å². The minimum atomic E-state index is -0.641. The van der Waals surface area contributed by atoms with Crippen LogP contribution in [0.15, 0.2) is 59.7 Å². The van der Waals surface area contributed by atoms with Crippen LogP contribution in [0.1, 0.15) is 5.56 Å². The van der Waals surface area contributed by atoms with Crippen molar-refractivity contribution in [3.05, 3.63) is 60.3 Å². The quantitative estimate of drug-likeness (QED) is 0.737. The number of imide groups is 1. The Kier molecular flexibility index (Phi) is 4.54. The Morgan fingerprint density at radius 1 is 0.969 bits per heavy atom. The molecule has 2 unspecified atom stereocenters. The van der Waals surface area contributed by atoms with E-state index in [4.69, 9.17) is 14.5 Å². The van der Waals surface area contributed by atoms with Crippen molar-refractivity contribution < 1.29 is 19.1 Å². The zero-order valence-corrected chi connectivity index (χ0v) is 18.2. The molecular weight excluding hydrogens is 410 g/mol. The summed E-state index contributed by atoms with van der Waals surface area (Å²) in [6, 6.07) is 14.4. The monoisotopic (exact) mass is 433 g/mol. The zero-order chi connectivity index (χ0) is 22.6. The van der Waals surface area contributed by atoms with Gasteiger partial charge in [0.2, 0.25) is 5.96 Å². The van der Waals surface area contributed by atoms with Gasteiger partial charge in [-0.2, -0.15) is 0 Å². The van der Waals surface area contributed by atoms with E-state index < -0.39 is 12.2 Å². The number of aliphatic imine (C=N–C) groups is 1. The minimum Gasteiger partial charge on any atom is -0.497 e. The number of methoxy groups -OCH3 is 2. The number of ether oxygens (including phenoxy) is 2. The predicted octanol–water partition coefficient (Wildman–Crippen LogP) is 2.41. The molecule has 3 amide bonds. The van der Waals surface area contributed by atoms with Crippen molar-refractivity contribution in [2.75, 3.05) is 33.2 Å². The van der Waals surface area contributed by atoms with Crippen molar-refractivity contribution in [1.29, 1.82) is 0 Å². The van der Waals surface area contributed by atoms with Crippen molar-refractivity contribution in [3.63, 3.8) is 0 Å². The van der Waals surface area contributed by atoms with Crippen LogP contribution < -0.4 is 14.4 Å². The molecule has 9 nitrogen and oxygen atoms in total. The summed E-state index contributed by atoms with van der Waals surface area (Å²) in [5.74, 6) is 1.54. The highest BCUT2D eigenvalue weighted by Gasteiger charge is 2.54. The topological polar surface area (TPSA) is 77.9 Å². The van der Waals surface area contributed by atoms with Gasteiger partial charge in [-0.1, -0.05) is 30.3 Å². The Balaban J connectivity index is 1.69. The van der Waals surface area contributed by atoms with Gasteiger partial charge in [-0.15, -0.1) is 0 Å². The molecule has 0 saturated carbocycles. The number of hydrogen-bond donors (Lipinski definition) is 0. The molecule has 164 valence electrons. The van der Waals surface area contributed by atoms with Gasteiger partial charge < -0.3 is 14.4 Å². The molecule has 2 aromatic carbocycles. The average Bonchev–Trinajstić information content (AvgIpc) is 3.38. The molecular formula is C23H23N5O4. The molecule has 1 fully saturated rings. The Hall–Kier alpha value is -4.01. The van der Waals surface area contributed by atoms with Crippen molar-refractivity contribution in [3.8, 4) is 11.5 Å². The number of hydrogen-bond acceptors (Lipinski definition) is 7. The minimum absolute atomic E-state index is 0.292. The number of likely N-dealkylation sites (N-methyl/N-ethyl adjacent to an activating group) is 2. The Morgan fingerprint density at radius 2 is 1.72 bits per heavy atom. The molecule has 3 aliphatic rings. The summed E-state index contributed by atoms with van der Waals surface area (Å²) in [6.07, 6.45) is 1.29. The second-order valence-electron chi connectivity index (χ2n) is 7.74. The molecule has 0 N–H and O–H groups in total. The van der Waals surface area contributed by atoms with Crippen LogP contribution in [0.2, 0.25) is 0 Å². The van der Waals surface area contributed by atoms with E-state index in [1.165, 1.54) is 11.9 Å². The van der Waals surface area contributed by atoms with E-state index in [0.29, 0.717) is 17.5 Å². The fraction of sp³-hybridized carbons (Fsp3) is 0.261. The number of carbonyl (C=O) groups excluding carboxylic acids is 2. The highest BCUT2D eigenvalue weighted by Crippen LogP contribution is 2.44. The van der Waals surface area contributed by atoms with Gasteiger partial charge >= 0.3 is 6.03 Å². The normalized spacial score (nSPS) is 22.0. The molecule has 0 spiro atoms. The van der Waals surface area contributed by atoms with Crippen LogP contribution in [0.4, 0.5) is 10.5 Å². The van der Waals surface area contributed by atoms with Crippen LogP contribution in [0.5, 0.6) is 11.5 Å². The van der Waals surface area contributed by atoms with Gasteiger partial charge in [-0.25, -0.2) is 9.79 Å². The molecule has 0 bridgehead atoms. The molecule has 0 aromatic heterocycles. The first kappa shape index (κ1) is 19.9. The summed E-state index contributed by atoms with van der Waals surface area (Å²) in [7, 11) is 6.36. The molecule has 5 rings (SSSR count). The number of anilines is 1. The largest absolute Gasteiger partial charge is 0.497 e. The summed E-state index contributed by atoms with van der Waals surface area (Å²) in [5.41, 5.74) is 2.51. The van der Waals surface area contributed by atoms with Crippen LogP contribution in [0.3, 0.4) is 0 Å². The lowest BCUT2D eigenvalue weighted by Gasteiger charge is -2.38. The Morgan fingerprint density at radius 3 is 2.41 bits per heavy atom. The van der Waals surface area contributed by atoms with Crippen LogP contribution in [-0.2, 0) is 4.79 Å². The number of guanidine groups is 1. The maximum absolute atomic E-state index is 13.1. The van der Waals surface area contributed by atoms with Crippen LogP contribution in [0, 0.1) is 0 Å². The first-order valence-electron chi connectivity index (χ1n) is 10.2. The second-order valence-corrected chi connectivity index (χ2v) is 7.74. The van der Waals surface area contributed by atoms with Crippen LogP contribution in [-0.4, -0.2) is 73.1 Å². The van der Waals surface area contributed by atoms with Gasteiger partial charge in [-0.05, 0) is 12.1 Å². The number of amides is 3. The summed E-state index contributed by atoms with van der Waals surface area (Å²) >= 11 is 0. The number of urea groups is 1. The van der Waals surface area contributed by atoms with E-state index >= 15 is 0 Å². The molecule has 0 radical (unpaired) electrons. The molecule has 9 heteroatoms. The number of nitrogens with zero attached hydrogens (tertiary/aromatic N) is 5. The van der Waals surface area contributed by atoms with Gasteiger partial charge in [0, 0.05) is 31.9 Å². The van der Waals surface area contributed by atoms with Crippen molar-refractivity contribution in [2.24, 2.45) is 4.99 Å². The molecule has 2 atom stereocenters. The summed E-state index contributed by atoms with van der Waals surface area (Å²) in [6.45, 7) is 0. The smallest absolute Gasteiger partial charge is 0.328 e. The standard InChI is InChI=1S/C23H23N5O4/c1-25-20-19(21(29)26(2)23(25)30)27-13-17(14-8-6-5-7-9-14)28(22(27)24-20)16-12-15(31-3)10-11-18(16)32-4/h5-13,19-20H,1-4H3. The molecule has 1 saturated heterocycles. The van der Waals surface area contributed by atoms with Crippen molar-refractivity contribution in [2.45, 2.75) is 12.2 Å². The summed E-state index contributed by atoms with van der Waals surface area (Å²) < 4.78 is 11.1. The molecule has 2 aromatic rings. The van der Waals surface area contributed by atoms with E-state index in [1.54, 1.807) is 21.3 Å². The van der Waals surface area contributed by atoms with Gasteiger partial charge in [-0.3, -0.25) is 19.5 Å². The predicted molar refractivity (Wildman–Crippen MR) is 119 cm³/mol. The number of rotatable bonds is 4. The van der Waals surface area contributed by atoms with Gasteiger partial charge in [0.1, 0.15) is 11.5 Å². The van der Waals surface area contributed by atoms with E-state index in [9.17, 15) is 9.59 Å². The van der Waals surface area contributed by atoms with E-state index in [-0.39, 0.29) is 11.9 Å². The Bertz CT molecular complexity index is 1160. The first-order valence-corrected chi connectivity index (χ1v) is 10.2. The third-order valence-electron chi connectivity index (χ3n) is 6.03. The molecule has 3 heterocycles. The fourth-order valence-electron chi connectivity index (χ4n) is 4.34. The van der Waals surface area contributed by atoms with Gasteiger partial charge in [0.15, 0.2) is 12.2 Å². The maximum atomic E-state index is 13.1. The number of carbonyl (C=O) groups is 2. The number of fused-ring (bicyclic) bond motifs is 3. The van der Waals surface area contributed by atoms with E-state index in [1.807, 2.05) is 64.5 Å². The molecule has 32 heavy (non-hydrogen) atoms. The third kappa shape index (κ3) is 2.74. The lowest BCUT2D eigenvalue weighted by molar-refractivity contribution is -0.135. The SMILES string of the molecule is COc1ccc(OC)c(N2C(c3ccccc3)=CN3C2=NC2C3C(=O)N(C)C(=O)N2C)c1. The number of benzene rings is 2. The first-order chi connectivity index (χ1) is 15.5. The van der Waals surface area contributed by atoms with Crippen LogP contribution in [0.25, 0.3) is 5.70 Å². The molecule has 0 aliphatic carbocycles. The molecule has 3 aliphatic heterocycles. The highest BCUT2D eigenvalue weighted by molar-refractivity contribution is 6.16. The lowest BCUT2D eigenvalue weighted by Crippen LogP contribution is -2.63. The van der Waals surface area contributed by atoms with E-state index in [0.717, 1.165) is 21.8 Å². The maximum Gasteiger partial charge on any atom is 0.328 e. The Labute approximate surface area is 185 Å². The van der Waals surface area contributed by atoms with Crippen LogP contribution >= 0.6 is 0 Å². The average molecular weight is 433 g/mol. The summed E-state index contributed by atoms with van der Waals surface area (Å²) in [5, 5.41) is 0. The summed E-state index contributed by atoms with van der Waals surface area (Å²) in [4.78, 5) is 36.8. The van der Waals surface area contributed by atoms with Gasteiger partial charge in [0.05, 0.1) is 25.6 Å².